The van der Waals surface area contributed by atoms with E-state index in [0.717, 1.165) is 11.1 Å². The molecule has 4 rings (SSSR count). The zero-order valence-electron chi connectivity index (χ0n) is 19.3. The molecule has 1 unspecified atom stereocenters. The van der Waals surface area contributed by atoms with Crippen LogP contribution in [0.1, 0.15) is 42.7 Å². The number of aliphatic imine (C=N–C) groups is 1. The molecule has 2 atom stereocenters. The van der Waals surface area contributed by atoms with Crippen LogP contribution in [-0.4, -0.2) is 31.8 Å². The molecule has 0 saturated carbocycles. The topological polar surface area (TPSA) is 88.0 Å². The van der Waals surface area contributed by atoms with Gasteiger partial charge in [0.25, 0.3) is 6.02 Å². The fourth-order valence-electron chi connectivity index (χ4n) is 4.30. The highest BCUT2D eigenvalue weighted by molar-refractivity contribution is 7.90. The summed E-state index contributed by atoms with van der Waals surface area (Å²) in [6.45, 7) is 3.02. The summed E-state index contributed by atoms with van der Waals surface area (Å²) >= 11 is 0. The number of nitrogens with zero attached hydrogens (tertiary/aromatic N) is 1. The van der Waals surface area contributed by atoms with Crippen LogP contribution in [0.25, 0.3) is 11.1 Å². The molecule has 0 amide bonds. The van der Waals surface area contributed by atoms with Gasteiger partial charge < -0.3 is 9.84 Å². The van der Waals surface area contributed by atoms with Gasteiger partial charge in [-0.3, -0.25) is 0 Å². The van der Waals surface area contributed by atoms with Crippen molar-refractivity contribution in [1.29, 1.82) is 0 Å². The third kappa shape index (κ3) is 5.36. The van der Waals surface area contributed by atoms with Crippen molar-refractivity contribution in [2.24, 2.45) is 4.99 Å². The molecule has 0 radical (unpaired) electrons. The molecule has 0 aliphatic carbocycles. The van der Waals surface area contributed by atoms with E-state index in [4.69, 9.17) is 4.74 Å². The lowest BCUT2D eigenvalue weighted by Gasteiger charge is -2.39. The van der Waals surface area contributed by atoms with Crippen molar-refractivity contribution in [2.45, 2.75) is 37.2 Å². The van der Waals surface area contributed by atoms with Crippen molar-refractivity contribution >= 4 is 16.0 Å². The van der Waals surface area contributed by atoms with Crippen LogP contribution in [0.3, 0.4) is 0 Å². The minimum atomic E-state index is -3.98. The maximum atomic E-state index is 14.3. The second kappa shape index (κ2) is 9.75. The van der Waals surface area contributed by atoms with Crippen molar-refractivity contribution in [3.63, 3.8) is 0 Å². The number of benzene rings is 3. The van der Waals surface area contributed by atoms with Gasteiger partial charge in [0.2, 0.25) is 10.0 Å². The molecule has 184 valence electrons. The molecule has 0 bridgehead atoms. The van der Waals surface area contributed by atoms with Gasteiger partial charge in [-0.1, -0.05) is 54.6 Å². The Morgan fingerprint density at radius 1 is 1.00 bits per heavy atom. The quantitative estimate of drug-likeness (QED) is 0.505. The number of nitrogens with one attached hydrogen (secondary N) is 1. The van der Waals surface area contributed by atoms with Crippen LogP contribution < -0.4 is 4.72 Å². The summed E-state index contributed by atoms with van der Waals surface area (Å²) in [5.74, 6) is -0.843. The lowest BCUT2D eigenvalue weighted by atomic mass is 9.95. The highest BCUT2D eigenvalue weighted by Gasteiger charge is 2.48. The molecular weight excluding hydrogens is 474 g/mol. The molecule has 2 N–H and O–H groups in total. The number of amidine groups is 1. The third-order valence-electron chi connectivity index (χ3n) is 5.86. The summed E-state index contributed by atoms with van der Waals surface area (Å²) in [4.78, 5) is 4.31. The predicted molar refractivity (Wildman–Crippen MR) is 130 cm³/mol. The standard InChI is InChI=1S/C26H26F2N2O4S/c1-26(2)24(19-9-7-17(8-10-19)18-11-13-20(27)14-12-18)35(32,33)30-25(34-26)29-23(15-16-31)21-5-3-4-6-22(21)28/h3-14,23-24,31H,15-16H2,1-2H3,(H,29,30)/t23-,24?/m0/s1. The number of rotatable bonds is 6. The molecule has 1 aliphatic rings. The zero-order chi connectivity index (χ0) is 25.2. The van der Waals surface area contributed by atoms with E-state index in [-0.39, 0.29) is 30.4 Å². The molecule has 1 fully saturated rings. The molecule has 1 aliphatic heterocycles. The van der Waals surface area contributed by atoms with Crippen molar-refractivity contribution in [2.75, 3.05) is 6.61 Å². The minimum Gasteiger partial charge on any atom is -0.457 e. The smallest absolute Gasteiger partial charge is 0.299 e. The molecule has 6 nitrogen and oxygen atoms in total. The van der Waals surface area contributed by atoms with Gasteiger partial charge in [0.1, 0.15) is 22.5 Å². The van der Waals surface area contributed by atoms with Crippen molar-refractivity contribution in [1.82, 2.24) is 4.72 Å². The van der Waals surface area contributed by atoms with Crippen LogP contribution in [0.15, 0.2) is 77.8 Å². The van der Waals surface area contributed by atoms with Crippen LogP contribution in [-0.2, 0) is 14.8 Å². The molecule has 3 aromatic carbocycles. The van der Waals surface area contributed by atoms with E-state index in [1.807, 2.05) is 0 Å². The summed E-state index contributed by atoms with van der Waals surface area (Å²) in [6, 6.07) is 17.9. The normalized spacial score (nSPS) is 20.6. The van der Waals surface area contributed by atoms with E-state index in [1.165, 1.54) is 30.3 Å². The van der Waals surface area contributed by atoms with Gasteiger partial charge in [-0.2, -0.15) is 0 Å². The van der Waals surface area contributed by atoms with E-state index in [1.54, 1.807) is 56.3 Å². The van der Waals surface area contributed by atoms with E-state index < -0.39 is 32.7 Å². The first-order valence-corrected chi connectivity index (χ1v) is 12.6. The number of aliphatic hydroxyl groups is 1. The van der Waals surface area contributed by atoms with E-state index in [2.05, 4.69) is 9.71 Å². The zero-order valence-corrected chi connectivity index (χ0v) is 20.1. The molecule has 1 heterocycles. The van der Waals surface area contributed by atoms with Gasteiger partial charge in [-0.15, -0.1) is 0 Å². The van der Waals surface area contributed by atoms with Gasteiger partial charge in [0, 0.05) is 12.2 Å². The Morgan fingerprint density at radius 2 is 1.60 bits per heavy atom. The minimum absolute atomic E-state index is 0.0875. The molecule has 1 saturated heterocycles. The number of halogens is 2. The van der Waals surface area contributed by atoms with Gasteiger partial charge in [-0.25, -0.2) is 26.9 Å². The van der Waals surface area contributed by atoms with Crippen molar-refractivity contribution in [3.05, 3.63) is 95.6 Å². The maximum absolute atomic E-state index is 14.3. The fraction of sp³-hybridized carbons (Fsp3) is 0.269. The van der Waals surface area contributed by atoms with Crippen LogP contribution in [0.4, 0.5) is 8.78 Å². The second-order valence-corrected chi connectivity index (χ2v) is 10.6. The number of hydrogen-bond acceptors (Lipinski definition) is 5. The number of hydrogen-bond donors (Lipinski definition) is 2. The summed E-state index contributed by atoms with van der Waals surface area (Å²) in [5, 5.41) is 8.39. The second-order valence-electron chi connectivity index (χ2n) is 8.85. The van der Waals surface area contributed by atoms with Crippen LogP contribution in [0.5, 0.6) is 0 Å². The molecule has 3 aromatic rings. The SMILES string of the molecule is CC1(C)OC(=N[C@@H](CCO)c2ccccc2F)NS(=O)(=O)C1c1ccc(-c2ccc(F)cc2)cc1. The largest absolute Gasteiger partial charge is 0.457 e. The number of ether oxygens (including phenoxy) is 1. The van der Waals surface area contributed by atoms with Crippen molar-refractivity contribution in [3.8, 4) is 11.1 Å². The average molecular weight is 501 g/mol. The maximum Gasteiger partial charge on any atom is 0.299 e. The third-order valence-corrected chi connectivity index (χ3v) is 7.78. The fourth-order valence-corrected chi connectivity index (χ4v) is 6.07. The monoisotopic (exact) mass is 500 g/mol. The Hall–Kier alpha value is -3.30. The lowest BCUT2D eigenvalue weighted by Crippen LogP contribution is -2.53. The Morgan fingerprint density at radius 3 is 2.17 bits per heavy atom. The summed E-state index contributed by atoms with van der Waals surface area (Å²) in [7, 11) is -3.98. The van der Waals surface area contributed by atoms with Crippen LogP contribution >= 0.6 is 0 Å². The van der Waals surface area contributed by atoms with Gasteiger partial charge >= 0.3 is 0 Å². The average Bonchev–Trinajstić information content (AvgIpc) is 2.79. The highest BCUT2D eigenvalue weighted by Crippen LogP contribution is 2.39. The Labute approximate surface area is 203 Å². The van der Waals surface area contributed by atoms with E-state index in [9.17, 15) is 22.3 Å². The first-order chi connectivity index (χ1) is 16.6. The molecule has 35 heavy (non-hydrogen) atoms. The number of aliphatic hydroxyl groups excluding tert-OH is 1. The van der Waals surface area contributed by atoms with Gasteiger partial charge in [0.05, 0.1) is 6.04 Å². The Kier molecular flexibility index (Phi) is 6.91. The molecule has 9 heteroatoms. The van der Waals surface area contributed by atoms with Gasteiger partial charge in [-0.05, 0) is 55.2 Å². The first kappa shape index (κ1) is 24.8. The first-order valence-electron chi connectivity index (χ1n) is 11.1. The van der Waals surface area contributed by atoms with E-state index in [0.29, 0.717) is 5.56 Å². The highest BCUT2D eigenvalue weighted by atomic mass is 32.2. The molecule has 0 spiro atoms. The van der Waals surface area contributed by atoms with Crippen LogP contribution in [0, 0.1) is 11.6 Å². The molecule has 0 aromatic heterocycles. The van der Waals surface area contributed by atoms with Crippen molar-refractivity contribution < 1.29 is 27.0 Å². The lowest BCUT2D eigenvalue weighted by molar-refractivity contribution is 0.0758. The van der Waals surface area contributed by atoms with Crippen LogP contribution in [0.2, 0.25) is 0 Å². The summed E-state index contributed by atoms with van der Waals surface area (Å²) in [5.41, 5.74) is 1.14. The Balaban J connectivity index is 1.63. The Bertz CT molecular complexity index is 1320. The summed E-state index contributed by atoms with van der Waals surface area (Å²) < 4.78 is 62.5. The van der Waals surface area contributed by atoms with Gasteiger partial charge in [0.15, 0.2) is 0 Å². The number of sulfonamides is 1. The molecular formula is C26H26F2N2O4S. The predicted octanol–water partition coefficient (Wildman–Crippen LogP) is 4.88. The summed E-state index contributed by atoms with van der Waals surface area (Å²) in [6.07, 6.45) is 0.0875. The van der Waals surface area contributed by atoms with E-state index >= 15 is 0 Å².